The third-order valence-corrected chi connectivity index (χ3v) is 2.69. The third kappa shape index (κ3) is 7.60. The largest absolute Gasteiger partial charge is 0.481 e. The number of benzene rings is 1. The van der Waals surface area contributed by atoms with Gasteiger partial charge in [0, 0.05) is 6.92 Å². The number of hydrogen-bond acceptors (Lipinski definition) is 6. The van der Waals surface area contributed by atoms with Crippen LogP contribution >= 0.6 is 0 Å². The number of ketones is 1. The summed E-state index contributed by atoms with van der Waals surface area (Å²) in [5.74, 6) is -2.70. The summed E-state index contributed by atoms with van der Waals surface area (Å²) in [4.78, 5) is 44.9. The second-order valence-corrected chi connectivity index (χ2v) is 4.60. The third-order valence-electron chi connectivity index (χ3n) is 2.69. The molecule has 0 aliphatic heterocycles. The number of carbonyl (C=O) groups excluding carboxylic acids is 3. The Morgan fingerprint density at radius 2 is 1.78 bits per heavy atom. The molecule has 1 aromatic rings. The summed E-state index contributed by atoms with van der Waals surface area (Å²) in [5, 5.41) is 10.9. The van der Waals surface area contributed by atoms with E-state index in [-0.39, 0.29) is 6.61 Å². The van der Waals surface area contributed by atoms with E-state index in [0.29, 0.717) is 0 Å². The second kappa shape index (κ2) is 9.19. The van der Waals surface area contributed by atoms with Crippen molar-refractivity contribution in [2.75, 3.05) is 6.61 Å². The summed E-state index contributed by atoms with van der Waals surface area (Å²) in [6.07, 6.45) is -1.57. The van der Waals surface area contributed by atoms with Crippen molar-refractivity contribution in [2.45, 2.75) is 26.0 Å². The first-order valence-electron chi connectivity index (χ1n) is 6.73. The molecule has 0 aromatic heterocycles. The number of hydrogen-bond donors (Lipinski definition) is 2. The predicted molar refractivity (Wildman–Crippen MR) is 77.4 cm³/mol. The van der Waals surface area contributed by atoms with Crippen molar-refractivity contribution in [3.63, 3.8) is 0 Å². The Morgan fingerprint density at radius 3 is 2.35 bits per heavy atom. The Hall–Kier alpha value is -2.90. The van der Waals surface area contributed by atoms with E-state index in [0.717, 1.165) is 12.5 Å². The Kier molecular flexibility index (Phi) is 7.25. The fourth-order valence-corrected chi connectivity index (χ4v) is 1.60. The smallest absolute Gasteiger partial charge is 0.408 e. The molecule has 1 aromatic carbocycles. The van der Waals surface area contributed by atoms with Crippen molar-refractivity contribution in [3.05, 3.63) is 35.9 Å². The Bertz CT molecular complexity index is 570. The molecule has 1 atom stereocenters. The van der Waals surface area contributed by atoms with Crippen molar-refractivity contribution in [2.24, 2.45) is 0 Å². The number of carboxylic acids is 1. The van der Waals surface area contributed by atoms with Gasteiger partial charge in [-0.15, -0.1) is 0 Å². The van der Waals surface area contributed by atoms with Crippen LogP contribution in [0.4, 0.5) is 4.79 Å². The molecule has 0 saturated carbocycles. The van der Waals surface area contributed by atoms with Crippen LogP contribution in [0.2, 0.25) is 0 Å². The van der Waals surface area contributed by atoms with Gasteiger partial charge in [0.2, 0.25) is 0 Å². The number of alkyl carbamates (subject to hydrolysis) is 1. The molecule has 0 radical (unpaired) electrons. The summed E-state index contributed by atoms with van der Waals surface area (Å²) in [5.41, 5.74) is 0.740. The van der Waals surface area contributed by atoms with Crippen LogP contribution in [0.15, 0.2) is 30.3 Å². The van der Waals surface area contributed by atoms with Gasteiger partial charge in [-0.2, -0.15) is 0 Å². The lowest BCUT2D eigenvalue weighted by Crippen LogP contribution is -2.44. The monoisotopic (exact) mass is 323 g/mol. The Balaban J connectivity index is 2.54. The first kappa shape index (κ1) is 18.1. The number of amides is 1. The minimum absolute atomic E-state index is 0.0232. The van der Waals surface area contributed by atoms with E-state index in [1.165, 1.54) is 0 Å². The summed E-state index contributed by atoms with van der Waals surface area (Å²) in [7, 11) is 0. The predicted octanol–water partition coefficient (Wildman–Crippen LogP) is 0.888. The highest BCUT2D eigenvalue weighted by Gasteiger charge is 2.25. The van der Waals surface area contributed by atoms with E-state index in [1.807, 2.05) is 0 Å². The maximum Gasteiger partial charge on any atom is 0.408 e. The number of aliphatic carboxylic acids is 1. The molecule has 1 unspecified atom stereocenters. The molecule has 1 amide bonds. The van der Waals surface area contributed by atoms with Gasteiger partial charge in [0.25, 0.3) is 0 Å². The molecule has 0 aliphatic rings. The van der Waals surface area contributed by atoms with Gasteiger partial charge in [0.1, 0.15) is 12.6 Å². The van der Waals surface area contributed by atoms with E-state index in [1.54, 1.807) is 30.3 Å². The van der Waals surface area contributed by atoms with Crippen molar-refractivity contribution >= 4 is 23.8 Å². The normalized spacial score (nSPS) is 11.2. The van der Waals surface area contributed by atoms with Crippen molar-refractivity contribution in [3.8, 4) is 0 Å². The average Bonchev–Trinajstić information content (AvgIpc) is 2.50. The zero-order chi connectivity index (χ0) is 17.2. The quantitative estimate of drug-likeness (QED) is 0.682. The van der Waals surface area contributed by atoms with Gasteiger partial charge >= 0.3 is 18.0 Å². The highest BCUT2D eigenvalue weighted by Crippen LogP contribution is 2.02. The van der Waals surface area contributed by atoms with Crippen LogP contribution < -0.4 is 5.32 Å². The van der Waals surface area contributed by atoms with Crippen LogP contribution in [0.1, 0.15) is 18.9 Å². The lowest BCUT2D eigenvalue weighted by molar-refractivity contribution is -0.147. The molecular weight excluding hydrogens is 306 g/mol. The molecule has 8 nitrogen and oxygen atoms in total. The van der Waals surface area contributed by atoms with E-state index < -0.39 is 42.9 Å². The van der Waals surface area contributed by atoms with E-state index in [9.17, 15) is 19.2 Å². The number of carbonyl (C=O) groups is 4. The summed E-state index contributed by atoms with van der Waals surface area (Å²) < 4.78 is 9.42. The van der Waals surface area contributed by atoms with Gasteiger partial charge in [-0.3, -0.25) is 14.4 Å². The molecule has 2 N–H and O–H groups in total. The molecule has 0 bridgehead atoms. The highest BCUT2D eigenvalue weighted by atomic mass is 16.5. The summed E-state index contributed by atoms with van der Waals surface area (Å²) >= 11 is 0. The Labute approximate surface area is 132 Å². The summed E-state index contributed by atoms with van der Waals surface area (Å²) in [6, 6.07) is 7.50. The van der Waals surface area contributed by atoms with E-state index in [4.69, 9.17) is 9.84 Å². The first-order valence-corrected chi connectivity index (χ1v) is 6.73. The SMILES string of the molecule is CC(=O)OCC(=O)C(CC(=O)O)NC(=O)OCc1ccccc1. The fraction of sp³-hybridized carbons (Fsp3) is 0.333. The van der Waals surface area contributed by atoms with Gasteiger partial charge < -0.3 is 19.9 Å². The number of esters is 1. The average molecular weight is 323 g/mol. The maximum absolute atomic E-state index is 11.8. The molecule has 124 valence electrons. The molecule has 0 fully saturated rings. The Morgan fingerprint density at radius 1 is 1.13 bits per heavy atom. The van der Waals surface area contributed by atoms with Crippen molar-refractivity contribution in [1.29, 1.82) is 0 Å². The first-order chi connectivity index (χ1) is 10.9. The lowest BCUT2D eigenvalue weighted by Gasteiger charge is -2.15. The standard InChI is InChI=1S/C15H17NO7/c1-10(17)22-9-13(18)12(7-14(19)20)16-15(21)23-8-11-5-3-2-4-6-11/h2-6,12H,7-9H2,1H3,(H,16,21)(H,19,20). The molecule has 8 heteroatoms. The van der Waals surface area contributed by atoms with Crippen molar-refractivity contribution < 1.29 is 33.8 Å². The molecule has 0 spiro atoms. The van der Waals surface area contributed by atoms with Crippen LogP contribution in [-0.4, -0.2) is 41.6 Å². The molecule has 0 saturated heterocycles. The molecular formula is C15H17NO7. The van der Waals surface area contributed by atoms with Gasteiger partial charge in [-0.1, -0.05) is 30.3 Å². The van der Waals surface area contributed by atoms with Gasteiger partial charge in [-0.05, 0) is 5.56 Å². The highest BCUT2D eigenvalue weighted by molar-refractivity contribution is 5.92. The van der Waals surface area contributed by atoms with Crippen LogP contribution in [0.25, 0.3) is 0 Å². The van der Waals surface area contributed by atoms with Gasteiger partial charge in [0.05, 0.1) is 6.42 Å². The number of rotatable bonds is 8. The van der Waals surface area contributed by atoms with E-state index in [2.05, 4.69) is 10.1 Å². The molecule has 1 rings (SSSR count). The fourth-order valence-electron chi connectivity index (χ4n) is 1.60. The number of nitrogens with one attached hydrogen (secondary N) is 1. The molecule has 0 heterocycles. The van der Waals surface area contributed by atoms with Crippen molar-refractivity contribution in [1.82, 2.24) is 5.32 Å². The minimum atomic E-state index is -1.34. The summed E-state index contributed by atoms with van der Waals surface area (Å²) in [6.45, 7) is 0.470. The van der Waals surface area contributed by atoms with Crippen LogP contribution in [-0.2, 0) is 30.5 Å². The van der Waals surface area contributed by atoms with E-state index >= 15 is 0 Å². The topological polar surface area (TPSA) is 119 Å². The molecule has 23 heavy (non-hydrogen) atoms. The van der Waals surface area contributed by atoms with Crippen LogP contribution in [0.3, 0.4) is 0 Å². The number of carboxylic acid groups (broad SMARTS) is 1. The number of ether oxygens (including phenoxy) is 2. The molecule has 0 aliphatic carbocycles. The van der Waals surface area contributed by atoms with Gasteiger partial charge in [-0.25, -0.2) is 4.79 Å². The zero-order valence-corrected chi connectivity index (χ0v) is 12.5. The van der Waals surface area contributed by atoms with Gasteiger partial charge in [0.15, 0.2) is 12.4 Å². The maximum atomic E-state index is 11.8. The minimum Gasteiger partial charge on any atom is -0.481 e. The zero-order valence-electron chi connectivity index (χ0n) is 12.5. The second-order valence-electron chi connectivity index (χ2n) is 4.60. The van der Waals surface area contributed by atoms with Crippen LogP contribution in [0, 0.1) is 0 Å². The van der Waals surface area contributed by atoms with Crippen LogP contribution in [0.5, 0.6) is 0 Å². The number of Topliss-reactive ketones (excluding diaryl/α,β-unsaturated/α-hetero) is 1. The lowest BCUT2D eigenvalue weighted by atomic mass is 10.1.